The van der Waals surface area contributed by atoms with E-state index in [1.165, 1.54) is 21.7 Å². The fourth-order valence-corrected chi connectivity index (χ4v) is 7.51. The van der Waals surface area contributed by atoms with Gasteiger partial charge in [0.05, 0.1) is 17.8 Å². The highest BCUT2D eigenvalue weighted by molar-refractivity contribution is 5.96. The molecule has 13 heteroatoms. The van der Waals surface area contributed by atoms with Gasteiger partial charge in [0.1, 0.15) is 18.1 Å². The van der Waals surface area contributed by atoms with Crippen LogP contribution in [-0.4, -0.2) is 63.1 Å². The van der Waals surface area contributed by atoms with E-state index in [0.29, 0.717) is 23.9 Å². The lowest BCUT2D eigenvalue weighted by Crippen LogP contribution is -2.63. The fourth-order valence-electron chi connectivity index (χ4n) is 7.51. The number of amides is 3. The summed E-state index contributed by atoms with van der Waals surface area (Å²) in [5.74, 6) is -4.08. The molecule has 3 amide bonds. The van der Waals surface area contributed by atoms with E-state index in [1.54, 1.807) is 26.8 Å². The maximum atomic E-state index is 14.2. The summed E-state index contributed by atoms with van der Waals surface area (Å²) in [6.45, 7) is 10.6. The number of carbonyl (C=O) groups is 3. The largest absolute Gasteiger partial charge is 0.471 e. The number of pyridine rings is 1. The molecule has 3 fully saturated rings. The van der Waals surface area contributed by atoms with Gasteiger partial charge in [-0.1, -0.05) is 40.7 Å². The molecule has 0 radical (unpaired) electrons. The summed E-state index contributed by atoms with van der Waals surface area (Å²) < 4.78 is 54.7. The smallest absolute Gasteiger partial charge is 0.339 e. The first kappa shape index (κ1) is 29.8. The van der Waals surface area contributed by atoms with Gasteiger partial charge in [0, 0.05) is 17.4 Å². The number of aromatic nitrogens is 2. The summed E-state index contributed by atoms with van der Waals surface area (Å²) in [4.78, 5) is 40.7. The van der Waals surface area contributed by atoms with E-state index in [0.717, 1.165) is 5.56 Å². The molecule has 3 unspecified atom stereocenters. The fraction of sp³-hybridized carbons (Fsp3) is 0.621. The van der Waals surface area contributed by atoms with Crippen molar-refractivity contribution in [2.45, 2.75) is 85.1 Å². The molecule has 5 atom stereocenters. The quantitative estimate of drug-likeness (QED) is 0.378. The molecule has 2 aliphatic carbocycles. The molecular formula is C29H34F4N6O3. The second kappa shape index (κ2) is 9.15. The Morgan fingerprint density at radius 2 is 1.86 bits per heavy atom. The Morgan fingerprint density at radius 3 is 2.43 bits per heavy atom. The Labute approximate surface area is 240 Å². The van der Waals surface area contributed by atoms with Crippen molar-refractivity contribution in [2.24, 2.45) is 21.7 Å². The van der Waals surface area contributed by atoms with Crippen LogP contribution in [-0.2, 0) is 20.8 Å². The molecule has 3 heterocycles. The molecule has 3 aliphatic rings. The van der Waals surface area contributed by atoms with Crippen LogP contribution in [0.25, 0.3) is 5.52 Å². The molecule has 2 aromatic heterocycles. The molecule has 2 saturated carbocycles. The first-order valence-electron chi connectivity index (χ1n) is 13.8. The highest BCUT2D eigenvalue weighted by Gasteiger charge is 3.02. The van der Waals surface area contributed by atoms with Crippen LogP contribution in [0.4, 0.5) is 17.6 Å². The molecule has 2 N–H and O–H groups in total. The Balaban J connectivity index is 1.36. The number of halogens is 4. The van der Waals surface area contributed by atoms with Crippen molar-refractivity contribution in [2.75, 3.05) is 6.54 Å². The SMILES string of the molecule is Cc1ccc(F)n2ncc(CCC(C#N)NC(=O)[C@H]3N(C(=O)[C@@H](NC(=O)C(F)(F)F)C(C)(C)C)CC45CC34C5(C)C)c12. The van der Waals surface area contributed by atoms with E-state index in [2.05, 4.69) is 16.5 Å². The van der Waals surface area contributed by atoms with Crippen LogP contribution in [0, 0.1) is 45.9 Å². The lowest BCUT2D eigenvalue weighted by atomic mass is 9.79. The number of hydrogen-bond donors (Lipinski definition) is 2. The van der Waals surface area contributed by atoms with E-state index in [1.807, 2.05) is 26.1 Å². The number of nitrogens with zero attached hydrogens (tertiary/aromatic N) is 4. The Bertz CT molecular complexity index is 1540. The Morgan fingerprint density at radius 1 is 1.19 bits per heavy atom. The first-order chi connectivity index (χ1) is 19.3. The number of aryl methyl sites for hydroxylation is 2. The Kier molecular flexibility index (Phi) is 6.49. The zero-order valence-corrected chi connectivity index (χ0v) is 24.3. The molecule has 1 saturated heterocycles. The van der Waals surface area contributed by atoms with Crippen molar-refractivity contribution >= 4 is 23.2 Å². The topological polar surface area (TPSA) is 120 Å². The van der Waals surface area contributed by atoms with E-state index in [9.17, 15) is 37.2 Å². The standard InChI is InChI=1S/C29H34F4N6O3/c1-15-7-10-18(30)39-19(15)16(12-35-39)8-9-17(11-34)36-22(40)21-28-13-27(28,26(28,5)6)14-38(21)23(41)20(25(2,3)4)37-24(42)29(31,32)33/h7,10,12,17,20-21H,8-9,13-14H2,1-6H3,(H,36,40)(H,37,42)/t17?,20-,21-,27?,28?/m1/s1. The summed E-state index contributed by atoms with van der Waals surface area (Å²) >= 11 is 0. The summed E-state index contributed by atoms with van der Waals surface area (Å²) in [6, 6.07) is 1.54. The van der Waals surface area contributed by atoms with Crippen LogP contribution in [0.1, 0.15) is 58.6 Å². The highest BCUT2D eigenvalue weighted by Crippen LogP contribution is 3.00. The predicted molar refractivity (Wildman–Crippen MR) is 142 cm³/mol. The number of rotatable bonds is 7. The lowest BCUT2D eigenvalue weighted by Gasteiger charge is -2.42. The van der Waals surface area contributed by atoms with Crippen molar-refractivity contribution in [3.05, 3.63) is 35.4 Å². The monoisotopic (exact) mass is 590 g/mol. The molecule has 0 aromatic carbocycles. The molecule has 226 valence electrons. The average Bonchev–Trinajstić information content (AvgIpc) is 3.43. The van der Waals surface area contributed by atoms with Crippen molar-refractivity contribution in [3.8, 4) is 6.07 Å². The molecule has 1 aliphatic heterocycles. The number of hydrogen-bond acceptors (Lipinski definition) is 5. The number of carbonyl (C=O) groups excluding carboxylic acids is 3. The van der Waals surface area contributed by atoms with Crippen LogP contribution in [0.2, 0.25) is 0 Å². The first-order valence-corrected chi connectivity index (χ1v) is 13.8. The molecule has 5 rings (SSSR count). The lowest BCUT2D eigenvalue weighted by molar-refractivity contribution is -0.176. The second-order valence-corrected chi connectivity index (χ2v) is 13.5. The second-order valence-electron chi connectivity index (χ2n) is 13.5. The zero-order chi connectivity index (χ0) is 31.2. The summed E-state index contributed by atoms with van der Waals surface area (Å²) in [5, 5.41) is 18.6. The normalized spacial score (nSPS) is 27.0. The van der Waals surface area contributed by atoms with Crippen molar-refractivity contribution in [1.82, 2.24) is 25.1 Å². The van der Waals surface area contributed by atoms with Crippen LogP contribution < -0.4 is 10.6 Å². The Hall–Kier alpha value is -3.69. The van der Waals surface area contributed by atoms with Gasteiger partial charge in [0.2, 0.25) is 17.8 Å². The third-order valence-corrected chi connectivity index (χ3v) is 10.0. The molecule has 2 aromatic rings. The van der Waals surface area contributed by atoms with Crippen LogP contribution in [0.3, 0.4) is 0 Å². The van der Waals surface area contributed by atoms with Crippen LogP contribution in [0.15, 0.2) is 18.3 Å². The summed E-state index contributed by atoms with van der Waals surface area (Å²) in [7, 11) is 0. The molecular weight excluding hydrogens is 556 g/mol. The summed E-state index contributed by atoms with van der Waals surface area (Å²) in [5.41, 5.74) is -0.152. The van der Waals surface area contributed by atoms with Gasteiger partial charge in [-0.05, 0) is 54.2 Å². The predicted octanol–water partition coefficient (Wildman–Crippen LogP) is 3.44. The van der Waals surface area contributed by atoms with Gasteiger partial charge in [0.25, 0.3) is 0 Å². The number of alkyl halides is 3. The third-order valence-electron chi connectivity index (χ3n) is 10.0. The van der Waals surface area contributed by atoms with Gasteiger partial charge in [0.15, 0.2) is 0 Å². The highest BCUT2D eigenvalue weighted by atomic mass is 19.4. The number of fused-ring (bicyclic) bond motifs is 1. The van der Waals surface area contributed by atoms with Crippen LogP contribution in [0.5, 0.6) is 0 Å². The number of likely N-dealkylation sites (tertiary alicyclic amines) is 1. The van der Waals surface area contributed by atoms with Gasteiger partial charge >= 0.3 is 12.1 Å². The molecule has 0 bridgehead atoms. The third kappa shape index (κ3) is 4.08. The maximum Gasteiger partial charge on any atom is 0.471 e. The molecule has 42 heavy (non-hydrogen) atoms. The number of nitriles is 1. The molecule has 0 spiro atoms. The van der Waals surface area contributed by atoms with E-state index in [-0.39, 0.29) is 23.8 Å². The van der Waals surface area contributed by atoms with Crippen molar-refractivity contribution in [3.63, 3.8) is 0 Å². The van der Waals surface area contributed by atoms with Gasteiger partial charge < -0.3 is 15.5 Å². The number of nitrogens with one attached hydrogen (secondary N) is 2. The zero-order valence-electron chi connectivity index (χ0n) is 24.3. The number of piperidine rings is 2. The van der Waals surface area contributed by atoms with Gasteiger partial charge in [-0.25, -0.2) is 4.52 Å². The van der Waals surface area contributed by atoms with Gasteiger partial charge in [-0.15, -0.1) is 0 Å². The van der Waals surface area contributed by atoms with E-state index in [4.69, 9.17) is 0 Å². The van der Waals surface area contributed by atoms with E-state index < -0.39 is 58.8 Å². The van der Waals surface area contributed by atoms with Crippen molar-refractivity contribution in [1.29, 1.82) is 5.26 Å². The van der Waals surface area contributed by atoms with Gasteiger partial charge in [-0.3, -0.25) is 14.4 Å². The minimum atomic E-state index is -5.18. The molecule has 9 nitrogen and oxygen atoms in total. The average molecular weight is 591 g/mol. The van der Waals surface area contributed by atoms with E-state index >= 15 is 0 Å². The van der Waals surface area contributed by atoms with Gasteiger partial charge in [-0.2, -0.15) is 27.9 Å². The minimum Gasteiger partial charge on any atom is -0.339 e. The van der Waals surface area contributed by atoms with Crippen LogP contribution >= 0.6 is 0 Å². The minimum absolute atomic E-state index is 0.176. The summed E-state index contributed by atoms with van der Waals surface area (Å²) in [6.07, 6.45) is -2.47. The maximum absolute atomic E-state index is 14.2. The van der Waals surface area contributed by atoms with Crippen molar-refractivity contribution < 1.29 is 31.9 Å².